The molecular formula is C18H17Br2NO3S. The average molecular weight is 487 g/mol. The van der Waals surface area contributed by atoms with Crippen LogP contribution in [-0.2, 0) is 14.3 Å². The van der Waals surface area contributed by atoms with Crippen LogP contribution in [-0.4, -0.2) is 24.2 Å². The summed E-state index contributed by atoms with van der Waals surface area (Å²) in [6, 6.07) is 13.6. The largest absolute Gasteiger partial charge is 0.456 e. The Balaban J connectivity index is 1.73. The molecule has 0 fully saturated rings. The maximum atomic E-state index is 12.0. The highest BCUT2D eigenvalue weighted by molar-refractivity contribution is 9.11. The van der Waals surface area contributed by atoms with Crippen molar-refractivity contribution in [3.05, 3.63) is 57.0 Å². The molecule has 0 aliphatic rings. The second kappa shape index (κ2) is 9.99. The van der Waals surface area contributed by atoms with Crippen LogP contribution in [0, 0.1) is 6.92 Å². The van der Waals surface area contributed by atoms with Crippen LogP contribution in [0.25, 0.3) is 0 Å². The topological polar surface area (TPSA) is 55.4 Å². The van der Waals surface area contributed by atoms with Crippen LogP contribution in [0.2, 0.25) is 0 Å². The number of ether oxygens (including phenoxy) is 1. The lowest BCUT2D eigenvalue weighted by molar-refractivity contribution is -0.146. The summed E-state index contributed by atoms with van der Waals surface area (Å²) >= 11 is 8.39. The Labute approximate surface area is 168 Å². The number of aryl methyl sites for hydroxylation is 1. The van der Waals surface area contributed by atoms with E-state index in [1.54, 1.807) is 11.8 Å². The van der Waals surface area contributed by atoms with Crippen LogP contribution >= 0.6 is 43.6 Å². The Hall–Kier alpha value is -1.31. The summed E-state index contributed by atoms with van der Waals surface area (Å²) in [6.45, 7) is 1.65. The van der Waals surface area contributed by atoms with Gasteiger partial charge in [0.15, 0.2) is 6.61 Å². The number of hydrogen-bond acceptors (Lipinski definition) is 4. The van der Waals surface area contributed by atoms with Crippen molar-refractivity contribution in [2.75, 3.05) is 17.7 Å². The molecule has 2 rings (SSSR count). The van der Waals surface area contributed by atoms with E-state index in [1.165, 1.54) is 0 Å². The van der Waals surface area contributed by atoms with Gasteiger partial charge in [-0.25, -0.2) is 0 Å². The number of carbonyl (C=O) groups excluding carboxylic acids is 2. The Kier molecular flexibility index (Phi) is 7.99. The number of halogens is 2. The lowest BCUT2D eigenvalue weighted by Crippen LogP contribution is -2.21. The second-order valence-electron chi connectivity index (χ2n) is 5.22. The number of carbonyl (C=O) groups is 2. The molecule has 7 heteroatoms. The van der Waals surface area contributed by atoms with Gasteiger partial charge in [0, 0.05) is 19.6 Å². The lowest BCUT2D eigenvalue weighted by atomic mass is 10.2. The Morgan fingerprint density at radius 1 is 1.12 bits per heavy atom. The molecule has 0 aliphatic carbocycles. The molecule has 132 valence electrons. The number of anilines is 1. The van der Waals surface area contributed by atoms with E-state index in [-0.39, 0.29) is 24.9 Å². The number of rotatable bonds is 7. The first-order chi connectivity index (χ1) is 12.0. The molecule has 0 aromatic heterocycles. The van der Waals surface area contributed by atoms with Crippen LogP contribution in [0.1, 0.15) is 12.0 Å². The fourth-order valence-corrected chi connectivity index (χ4v) is 4.45. The quantitative estimate of drug-likeness (QED) is 0.432. The van der Waals surface area contributed by atoms with E-state index in [0.717, 1.165) is 19.4 Å². The van der Waals surface area contributed by atoms with E-state index in [9.17, 15) is 9.59 Å². The minimum atomic E-state index is -0.388. The van der Waals surface area contributed by atoms with Gasteiger partial charge in [-0.05, 0) is 68.6 Å². The van der Waals surface area contributed by atoms with Gasteiger partial charge in [-0.2, -0.15) is 0 Å². The van der Waals surface area contributed by atoms with E-state index >= 15 is 0 Å². The number of thioether (sulfide) groups is 1. The van der Waals surface area contributed by atoms with Gasteiger partial charge in [0.25, 0.3) is 5.91 Å². The van der Waals surface area contributed by atoms with Crippen LogP contribution < -0.4 is 5.32 Å². The van der Waals surface area contributed by atoms with Crippen molar-refractivity contribution in [2.24, 2.45) is 0 Å². The van der Waals surface area contributed by atoms with Crippen molar-refractivity contribution in [2.45, 2.75) is 18.2 Å². The van der Waals surface area contributed by atoms with Crippen LogP contribution in [0.15, 0.2) is 56.3 Å². The molecule has 0 saturated carbocycles. The third-order valence-corrected chi connectivity index (χ3v) is 5.40. The number of hydrogen-bond donors (Lipinski definition) is 1. The monoisotopic (exact) mass is 485 g/mol. The van der Waals surface area contributed by atoms with Gasteiger partial charge in [0.05, 0.1) is 12.1 Å². The summed E-state index contributed by atoms with van der Waals surface area (Å²) in [5.74, 6) is -0.158. The highest BCUT2D eigenvalue weighted by Crippen LogP contribution is 2.32. The summed E-state index contributed by atoms with van der Waals surface area (Å²) in [5, 5.41) is 2.73. The highest BCUT2D eigenvalue weighted by Gasteiger charge is 2.12. The van der Waals surface area contributed by atoms with Crippen molar-refractivity contribution in [1.82, 2.24) is 0 Å². The molecular weight excluding hydrogens is 470 g/mol. The Morgan fingerprint density at radius 3 is 2.40 bits per heavy atom. The van der Waals surface area contributed by atoms with E-state index in [2.05, 4.69) is 37.2 Å². The second-order valence-corrected chi connectivity index (χ2v) is 8.10. The van der Waals surface area contributed by atoms with Crippen molar-refractivity contribution < 1.29 is 14.3 Å². The van der Waals surface area contributed by atoms with E-state index in [4.69, 9.17) is 4.74 Å². The predicted molar refractivity (Wildman–Crippen MR) is 108 cm³/mol. The molecule has 0 radical (unpaired) electrons. The van der Waals surface area contributed by atoms with Crippen molar-refractivity contribution >= 4 is 61.2 Å². The third kappa shape index (κ3) is 6.84. The van der Waals surface area contributed by atoms with Crippen molar-refractivity contribution in [3.63, 3.8) is 0 Å². The van der Waals surface area contributed by atoms with Gasteiger partial charge in [-0.1, -0.05) is 18.2 Å². The first kappa shape index (κ1) is 20.0. The minimum Gasteiger partial charge on any atom is -0.456 e. The molecule has 0 aliphatic heterocycles. The maximum Gasteiger partial charge on any atom is 0.307 e. The van der Waals surface area contributed by atoms with Gasteiger partial charge >= 0.3 is 5.97 Å². The SMILES string of the molecule is Cc1cc(Br)c(NC(=O)COC(=O)CCSc2ccccc2)c(Br)c1. The molecule has 0 atom stereocenters. The molecule has 0 heterocycles. The molecule has 1 amide bonds. The van der Waals surface area contributed by atoms with Crippen LogP contribution in [0.4, 0.5) is 5.69 Å². The zero-order valence-electron chi connectivity index (χ0n) is 13.6. The van der Waals surface area contributed by atoms with E-state index < -0.39 is 0 Å². The molecule has 0 unspecified atom stereocenters. The fraction of sp³-hybridized carbons (Fsp3) is 0.222. The molecule has 0 spiro atoms. The third-order valence-electron chi connectivity index (χ3n) is 3.13. The van der Waals surface area contributed by atoms with Gasteiger partial charge < -0.3 is 10.1 Å². The minimum absolute atomic E-state index is 0.255. The van der Waals surface area contributed by atoms with E-state index in [1.807, 2.05) is 49.4 Å². The molecule has 4 nitrogen and oxygen atoms in total. The van der Waals surface area contributed by atoms with Gasteiger partial charge in [-0.15, -0.1) is 11.8 Å². The summed E-state index contributed by atoms with van der Waals surface area (Å²) in [4.78, 5) is 24.8. The molecule has 25 heavy (non-hydrogen) atoms. The van der Waals surface area contributed by atoms with Crippen LogP contribution in [0.3, 0.4) is 0 Å². The number of esters is 1. The van der Waals surface area contributed by atoms with Gasteiger partial charge in [0.2, 0.25) is 0 Å². The first-order valence-corrected chi connectivity index (χ1v) is 10.1. The highest BCUT2D eigenvalue weighted by atomic mass is 79.9. The Bertz CT molecular complexity index is 730. The summed E-state index contributed by atoms with van der Waals surface area (Å²) in [5.41, 5.74) is 1.67. The molecule has 1 N–H and O–H groups in total. The summed E-state index contributed by atoms with van der Waals surface area (Å²) in [7, 11) is 0. The van der Waals surface area contributed by atoms with Crippen LogP contribution in [0.5, 0.6) is 0 Å². The van der Waals surface area contributed by atoms with Gasteiger partial charge in [0.1, 0.15) is 0 Å². The zero-order chi connectivity index (χ0) is 18.2. The number of amides is 1. The number of benzene rings is 2. The summed E-state index contributed by atoms with van der Waals surface area (Å²) < 4.78 is 6.55. The zero-order valence-corrected chi connectivity index (χ0v) is 17.5. The number of nitrogens with one attached hydrogen (secondary N) is 1. The smallest absolute Gasteiger partial charge is 0.307 e. The first-order valence-electron chi connectivity index (χ1n) is 7.54. The average Bonchev–Trinajstić information content (AvgIpc) is 2.57. The molecule has 0 bridgehead atoms. The standard InChI is InChI=1S/C18H17Br2NO3S/c1-12-9-14(19)18(15(20)10-12)21-16(22)11-24-17(23)7-8-25-13-5-3-2-4-6-13/h2-6,9-10H,7-8,11H2,1H3,(H,21,22). The van der Waals surface area contributed by atoms with Gasteiger partial charge in [-0.3, -0.25) is 9.59 Å². The summed E-state index contributed by atoms with van der Waals surface area (Å²) in [6.07, 6.45) is 0.255. The lowest BCUT2D eigenvalue weighted by Gasteiger charge is -2.11. The molecule has 2 aromatic carbocycles. The molecule has 0 saturated heterocycles. The van der Waals surface area contributed by atoms with Crippen molar-refractivity contribution in [1.29, 1.82) is 0 Å². The maximum absolute atomic E-state index is 12.0. The molecule has 2 aromatic rings. The fourth-order valence-electron chi connectivity index (χ4n) is 1.98. The predicted octanol–water partition coefficient (Wildman–Crippen LogP) is 5.18. The van der Waals surface area contributed by atoms with E-state index in [0.29, 0.717) is 11.4 Å². The Morgan fingerprint density at radius 2 is 1.76 bits per heavy atom. The normalized spacial score (nSPS) is 10.4. The van der Waals surface area contributed by atoms with Crippen molar-refractivity contribution in [3.8, 4) is 0 Å².